The van der Waals surface area contributed by atoms with Crippen molar-refractivity contribution in [3.05, 3.63) is 0 Å². The fourth-order valence-electron chi connectivity index (χ4n) is 3.07. The van der Waals surface area contributed by atoms with E-state index in [1.807, 2.05) is 0 Å². The first kappa shape index (κ1) is 15.9. The Morgan fingerprint density at radius 2 is 1.94 bits per heavy atom. The molecule has 108 valence electrons. The van der Waals surface area contributed by atoms with Crippen LogP contribution in [0.1, 0.15) is 46.0 Å². The van der Waals surface area contributed by atoms with Gasteiger partial charge in [0.15, 0.2) is 0 Å². The lowest BCUT2D eigenvalue weighted by atomic mass is 9.85. The van der Waals surface area contributed by atoms with E-state index in [9.17, 15) is 0 Å². The van der Waals surface area contributed by atoms with Crippen LogP contribution in [-0.2, 0) is 4.74 Å². The molecule has 1 aliphatic carbocycles. The van der Waals surface area contributed by atoms with Gasteiger partial charge < -0.3 is 15.0 Å². The maximum atomic E-state index is 5.13. The van der Waals surface area contributed by atoms with Crippen LogP contribution in [0, 0.1) is 5.41 Å². The van der Waals surface area contributed by atoms with Crippen LogP contribution in [0.2, 0.25) is 0 Å². The van der Waals surface area contributed by atoms with E-state index in [1.165, 1.54) is 38.8 Å². The van der Waals surface area contributed by atoms with Crippen molar-refractivity contribution in [3.8, 4) is 0 Å². The normalized spacial score (nSPS) is 19.0. The third-order valence-electron chi connectivity index (χ3n) is 4.04. The summed E-state index contributed by atoms with van der Waals surface area (Å²) < 4.78 is 5.13. The molecule has 0 heterocycles. The molecule has 1 fully saturated rings. The molecule has 0 amide bonds. The number of nitrogens with zero attached hydrogens (tertiary/aromatic N) is 1. The maximum absolute atomic E-state index is 5.13. The quantitative estimate of drug-likeness (QED) is 0.642. The first-order valence-corrected chi connectivity index (χ1v) is 7.49. The van der Waals surface area contributed by atoms with Crippen LogP contribution in [0.15, 0.2) is 0 Å². The summed E-state index contributed by atoms with van der Waals surface area (Å²) in [6.45, 7) is 8.92. The van der Waals surface area contributed by atoms with E-state index in [4.69, 9.17) is 4.74 Å². The van der Waals surface area contributed by atoms with Gasteiger partial charge >= 0.3 is 0 Å². The molecule has 0 saturated heterocycles. The van der Waals surface area contributed by atoms with E-state index >= 15 is 0 Å². The Hall–Kier alpha value is -0.120. The third kappa shape index (κ3) is 5.68. The monoisotopic (exact) mass is 256 g/mol. The number of nitrogens with one attached hydrogen (secondary N) is 1. The minimum atomic E-state index is 0.520. The van der Waals surface area contributed by atoms with Gasteiger partial charge in [-0.05, 0) is 31.7 Å². The maximum Gasteiger partial charge on any atom is 0.0474 e. The van der Waals surface area contributed by atoms with Crippen molar-refractivity contribution in [2.24, 2.45) is 5.41 Å². The summed E-state index contributed by atoms with van der Waals surface area (Å²) in [5, 5.41) is 3.65. The van der Waals surface area contributed by atoms with Crippen LogP contribution < -0.4 is 5.32 Å². The lowest BCUT2D eigenvalue weighted by Crippen LogP contribution is -2.43. The second-order valence-corrected chi connectivity index (χ2v) is 6.33. The Bertz CT molecular complexity index is 213. The van der Waals surface area contributed by atoms with E-state index in [1.54, 1.807) is 7.11 Å². The molecule has 0 spiro atoms. The largest absolute Gasteiger partial charge is 0.385 e. The average molecular weight is 256 g/mol. The zero-order valence-electron chi connectivity index (χ0n) is 12.8. The minimum absolute atomic E-state index is 0.520. The summed E-state index contributed by atoms with van der Waals surface area (Å²) >= 11 is 0. The molecule has 18 heavy (non-hydrogen) atoms. The highest BCUT2D eigenvalue weighted by atomic mass is 16.5. The number of hydrogen-bond acceptors (Lipinski definition) is 3. The minimum Gasteiger partial charge on any atom is -0.385 e. The fourth-order valence-corrected chi connectivity index (χ4v) is 3.07. The Morgan fingerprint density at radius 1 is 1.28 bits per heavy atom. The molecule has 1 aliphatic rings. The van der Waals surface area contributed by atoms with E-state index in [0.29, 0.717) is 11.5 Å². The van der Waals surface area contributed by atoms with Gasteiger partial charge in [0.05, 0.1) is 0 Å². The topological polar surface area (TPSA) is 24.5 Å². The van der Waals surface area contributed by atoms with E-state index in [0.717, 1.165) is 19.6 Å². The molecule has 1 rings (SSSR count). The summed E-state index contributed by atoms with van der Waals surface area (Å²) in [4.78, 5) is 2.49. The molecule has 3 heteroatoms. The summed E-state index contributed by atoms with van der Waals surface area (Å²) in [7, 11) is 4.04. The smallest absolute Gasteiger partial charge is 0.0474 e. The highest BCUT2D eigenvalue weighted by molar-refractivity contribution is 4.89. The van der Waals surface area contributed by atoms with Crippen LogP contribution in [0.4, 0.5) is 0 Å². The first-order chi connectivity index (χ1) is 8.58. The molecular weight excluding hydrogens is 224 g/mol. The van der Waals surface area contributed by atoms with E-state index in [2.05, 4.69) is 31.1 Å². The van der Waals surface area contributed by atoms with Gasteiger partial charge in [0.2, 0.25) is 0 Å². The predicted molar refractivity (Wildman–Crippen MR) is 78.0 cm³/mol. The number of hydrogen-bond donors (Lipinski definition) is 1. The van der Waals surface area contributed by atoms with Crippen LogP contribution in [-0.4, -0.2) is 51.3 Å². The fraction of sp³-hybridized carbons (Fsp3) is 1.00. The first-order valence-electron chi connectivity index (χ1n) is 7.49. The molecule has 1 saturated carbocycles. The van der Waals surface area contributed by atoms with Crippen molar-refractivity contribution in [1.82, 2.24) is 10.2 Å². The zero-order valence-corrected chi connectivity index (χ0v) is 12.8. The third-order valence-corrected chi connectivity index (χ3v) is 4.04. The Kier molecular flexibility index (Phi) is 7.20. The zero-order chi connectivity index (χ0) is 13.4. The summed E-state index contributed by atoms with van der Waals surface area (Å²) in [5.41, 5.74) is 0.520. The van der Waals surface area contributed by atoms with Gasteiger partial charge in [0.25, 0.3) is 0 Å². The van der Waals surface area contributed by atoms with Crippen LogP contribution in [0.3, 0.4) is 0 Å². The molecule has 3 nitrogen and oxygen atoms in total. The average Bonchev–Trinajstić information content (AvgIpc) is 2.76. The van der Waals surface area contributed by atoms with Gasteiger partial charge in [-0.15, -0.1) is 0 Å². The number of ether oxygens (including phenoxy) is 1. The van der Waals surface area contributed by atoms with Gasteiger partial charge in [-0.3, -0.25) is 0 Å². The second kappa shape index (κ2) is 8.13. The van der Waals surface area contributed by atoms with Crippen molar-refractivity contribution in [3.63, 3.8) is 0 Å². The number of rotatable bonds is 9. The SMILES string of the molecule is COCCCN(C)CC1(CNC(C)C)CCCC1. The summed E-state index contributed by atoms with van der Waals surface area (Å²) in [6, 6.07) is 0.598. The lowest BCUT2D eigenvalue weighted by Gasteiger charge is -2.34. The molecule has 0 bridgehead atoms. The molecule has 1 N–H and O–H groups in total. The molecule has 0 aromatic heterocycles. The Morgan fingerprint density at radius 3 is 2.50 bits per heavy atom. The van der Waals surface area contributed by atoms with Gasteiger partial charge in [-0.1, -0.05) is 26.7 Å². The molecule has 0 radical (unpaired) electrons. The van der Waals surface area contributed by atoms with Crippen LogP contribution in [0.5, 0.6) is 0 Å². The molecule has 0 aliphatic heterocycles. The summed E-state index contributed by atoms with van der Waals surface area (Å²) in [5.74, 6) is 0. The molecular formula is C15H32N2O. The standard InChI is InChI=1S/C15H32N2O/c1-14(2)16-12-15(8-5-6-9-15)13-17(3)10-7-11-18-4/h14,16H,5-13H2,1-4H3. The summed E-state index contributed by atoms with van der Waals surface area (Å²) in [6.07, 6.45) is 6.74. The van der Waals surface area contributed by atoms with Gasteiger partial charge in [-0.25, -0.2) is 0 Å². The number of methoxy groups -OCH3 is 1. The van der Waals surface area contributed by atoms with Crippen molar-refractivity contribution in [1.29, 1.82) is 0 Å². The van der Waals surface area contributed by atoms with Crippen molar-refractivity contribution in [2.45, 2.75) is 52.0 Å². The van der Waals surface area contributed by atoms with Gasteiger partial charge in [0.1, 0.15) is 0 Å². The highest BCUT2D eigenvalue weighted by Gasteiger charge is 2.34. The highest BCUT2D eigenvalue weighted by Crippen LogP contribution is 2.38. The Balaban J connectivity index is 2.36. The van der Waals surface area contributed by atoms with Gasteiger partial charge in [0, 0.05) is 39.4 Å². The van der Waals surface area contributed by atoms with E-state index in [-0.39, 0.29) is 0 Å². The Labute approximate surface area is 113 Å². The van der Waals surface area contributed by atoms with E-state index < -0.39 is 0 Å². The van der Waals surface area contributed by atoms with Crippen molar-refractivity contribution in [2.75, 3.05) is 40.4 Å². The van der Waals surface area contributed by atoms with Crippen LogP contribution in [0.25, 0.3) is 0 Å². The van der Waals surface area contributed by atoms with Crippen molar-refractivity contribution >= 4 is 0 Å². The van der Waals surface area contributed by atoms with Crippen molar-refractivity contribution < 1.29 is 4.74 Å². The molecule has 0 aromatic rings. The van der Waals surface area contributed by atoms with Gasteiger partial charge in [-0.2, -0.15) is 0 Å². The second-order valence-electron chi connectivity index (χ2n) is 6.33. The molecule has 0 aromatic carbocycles. The molecule has 0 atom stereocenters. The molecule has 0 unspecified atom stereocenters. The predicted octanol–water partition coefficient (Wildman–Crippen LogP) is 2.51. The van der Waals surface area contributed by atoms with Crippen LogP contribution >= 0.6 is 0 Å². The lowest BCUT2D eigenvalue weighted by molar-refractivity contribution is 0.144.